The van der Waals surface area contributed by atoms with Crippen LogP contribution in [-0.4, -0.2) is 30.2 Å². The molecule has 90 valence electrons. The Kier molecular flexibility index (Phi) is 5.23. The number of nitrogens with zero attached hydrogens (tertiary/aromatic N) is 2. The number of urea groups is 1. The molecular weight excluding hydrogens is 200 g/mol. The van der Waals surface area contributed by atoms with Crippen molar-refractivity contribution in [3.8, 4) is 0 Å². The molecule has 0 aromatic heterocycles. The van der Waals surface area contributed by atoms with Crippen molar-refractivity contribution in [2.45, 2.75) is 46.0 Å². The van der Waals surface area contributed by atoms with E-state index in [9.17, 15) is 4.79 Å². The van der Waals surface area contributed by atoms with Gasteiger partial charge in [0, 0.05) is 13.6 Å². The second-order valence-electron chi connectivity index (χ2n) is 4.29. The summed E-state index contributed by atoms with van der Waals surface area (Å²) in [6.45, 7) is 5.02. The molecule has 0 fully saturated rings. The smallest absolute Gasteiger partial charge is 0.322 e. The third kappa shape index (κ3) is 3.47. The second-order valence-corrected chi connectivity index (χ2v) is 4.29. The summed E-state index contributed by atoms with van der Waals surface area (Å²) < 4.78 is 0. The fraction of sp³-hybridized carbons (Fsp3) is 0.692. The highest BCUT2D eigenvalue weighted by Gasteiger charge is 2.20. The lowest BCUT2D eigenvalue weighted by Crippen LogP contribution is -2.33. The van der Waals surface area contributed by atoms with E-state index >= 15 is 0 Å². The van der Waals surface area contributed by atoms with Gasteiger partial charge in [0.1, 0.15) is 0 Å². The van der Waals surface area contributed by atoms with E-state index in [0.29, 0.717) is 0 Å². The lowest BCUT2D eigenvalue weighted by Gasteiger charge is -2.23. The van der Waals surface area contributed by atoms with Crippen LogP contribution in [-0.2, 0) is 0 Å². The number of hydrogen-bond donors (Lipinski definition) is 0. The Morgan fingerprint density at radius 1 is 1.38 bits per heavy atom. The molecule has 3 heteroatoms. The highest BCUT2D eigenvalue weighted by atomic mass is 16.2. The van der Waals surface area contributed by atoms with Gasteiger partial charge in [-0.25, -0.2) is 4.79 Å². The topological polar surface area (TPSA) is 32.7 Å². The first-order valence-corrected chi connectivity index (χ1v) is 6.21. The first-order valence-electron chi connectivity index (χ1n) is 6.21. The quantitative estimate of drug-likeness (QED) is 0.656. The van der Waals surface area contributed by atoms with E-state index in [1.807, 2.05) is 0 Å². The molecule has 0 unspecified atom stereocenters. The Morgan fingerprint density at radius 3 is 2.75 bits per heavy atom. The standard InChI is InChI=1S/C13H22N2O/c1-4-6-7-9-12-11(8-5-2)10-15(3)13(16)14-12/h8H,4-7,9-10H2,1-3H3/b11-8-. The van der Waals surface area contributed by atoms with Crippen molar-refractivity contribution in [3.05, 3.63) is 11.6 Å². The maximum absolute atomic E-state index is 11.5. The lowest BCUT2D eigenvalue weighted by molar-refractivity contribution is 0.221. The summed E-state index contributed by atoms with van der Waals surface area (Å²) in [7, 11) is 1.80. The third-order valence-electron chi connectivity index (χ3n) is 2.80. The highest BCUT2D eigenvalue weighted by molar-refractivity contribution is 6.08. The van der Waals surface area contributed by atoms with Gasteiger partial charge in [0.05, 0.1) is 5.71 Å². The highest BCUT2D eigenvalue weighted by Crippen LogP contribution is 2.15. The minimum atomic E-state index is -0.0975. The van der Waals surface area contributed by atoms with Crippen LogP contribution in [0.5, 0.6) is 0 Å². The predicted molar refractivity (Wildman–Crippen MR) is 68.0 cm³/mol. The summed E-state index contributed by atoms with van der Waals surface area (Å²) >= 11 is 0. The maximum Gasteiger partial charge on any atom is 0.343 e. The van der Waals surface area contributed by atoms with Crippen LogP contribution in [0.25, 0.3) is 0 Å². The molecule has 0 spiro atoms. The lowest BCUT2D eigenvalue weighted by atomic mass is 10.0. The number of carbonyl (C=O) groups is 1. The number of aliphatic imine (C=N–C) groups is 1. The summed E-state index contributed by atoms with van der Waals surface area (Å²) in [6.07, 6.45) is 7.68. The Morgan fingerprint density at radius 2 is 2.12 bits per heavy atom. The van der Waals surface area contributed by atoms with E-state index < -0.39 is 0 Å². The number of carbonyl (C=O) groups excluding carboxylic acids is 1. The van der Waals surface area contributed by atoms with E-state index in [4.69, 9.17) is 0 Å². The first-order chi connectivity index (χ1) is 7.69. The van der Waals surface area contributed by atoms with Gasteiger partial charge in [-0.05, 0) is 24.8 Å². The van der Waals surface area contributed by atoms with Gasteiger partial charge in [0.2, 0.25) is 0 Å². The average Bonchev–Trinajstić information content (AvgIpc) is 2.25. The molecule has 0 radical (unpaired) electrons. The van der Waals surface area contributed by atoms with Gasteiger partial charge in [-0.15, -0.1) is 0 Å². The van der Waals surface area contributed by atoms with Crippen molar-refractivity contribution in [1.29, 1.82) is 0 Å². The molecule has 1 rings (SSSR count). The summed E-state index contributed by atoms with van der Waals surface area (Å²) in [5, 5.41) is 0. The molecule has 3 nitrogen and oxygen atoms in total. The fourth-order valence-electron chi connectivity index (χ4n) is 1.87. The van der Waals surface area contributed by atoms with Crippen LogP contribution >= 0.6 is 0 Å². The monoisotopic (exact) mass is 222 g/mol. The normalized spacial score (nSPS) is 19.2. The number of likely N-dealkylation sites (N-methyl/N-ethyl adjacent to an activating group) is 1. The number of hydrogen-bond acceptors (Lipinski definition) is 1. The van der Waals surface area contributed by atoms with Crippen molar-refractivity contribution in [3.63, 3.8) is 0 Å². The molecule has 0 saturated heterocycles. The molecule has 1 aliphatic heterocycles. The summed E-state index contributed by atoms with van der Waals surface area (Å²) in [6, 6.07) is -0.0975. The van der Waals surface area contributed by atoms with Gasteiger partial charge in [-0.1, -0.05) is 32.8 Å². The molecular formula is C13H22N2O. The summed E-state index contributed by atoms with van der Waals surface area (Å²) in [4.78, 5) is 17.3. The molecule has 0 aromatic carbocycles. The zero-order chi connectivity index (χ0) is 12.0. The maximum atomic E-state index is 11.5. The third-order valence-corrected chi connectivity index (χ3v) is 2.80. The van der Waals surface area contributed by atoms with Crippen molar-refractivity contribution in [2.75, 3.05) is 13.6 Å². The van der Waals surface area contributed by atoms with Gasteiger partial charge < -0.3 is 4.90 Å². The van der Waals surface area contributed by atoms with Gasteiger partial charge in [0.25, 0.3) is 0 Å². The average molecular weight is 222 g/mol. The Balaban J connectivity index is 2.71. The number of allylic oxidation sites excluding steroid dienone is 1. The van der Waals surface area contributed by atoms with Crippen LogP contribution in [0, 0.1) is 0 Å². The molecule has 1 aliphatic rings. The van der Waals surface area contributed by atoms with Crippen molar-refractivity contribution in [1.82, 2.24) is 4.90 Å². The van der Waals surface area contributed by atoms with Crippen molar-refractivity contribution >= 4 is 11.7 Å². The SMILES string of the molecule is CC/C=C1/CN(C)C(=O)N=C1CCCCC. The van der Waals surface area contributed by atoms with Crippen LogP contribution in [0.3, 0.4) is 0 Å². The molecule has 0 saturated carbocycles. The number of rotatable bonds is 5. The Labute approximate surface area is 98.2 Å². The zero-order valence-corrected chi connectivity index (χ0v) is 10.6. The van der Waals surface area contributed by atoms with E-state index in [1.165, 1.54) is 18.4 Å². The molecule has 0 aromatic rings. The molecule has 0 N–H and O–H groups in total. The Hall–Kier alpha value is -1.12. The van der Waals surface area contributed by atoms with E-state index in [-0.39, 0.29) is 6.03 Å². The minimum absolute atomic E-state index is 0.0975. The summed E-state index contributed by atoms with van der Waals surface area (Å²) in [5.41, 5.74) is 2.25. The van der Waals surface area contributed by atoms with Crippen LogP contribution in [0.15, 0.2) is 16.6 Å². The molecule has 1 heterocycles. The first kappa shape index (κ1) is 12.9. The molecule has 16 heavy (non-hydrogen) atoms. The van der Waals surface area contributed by atoms with Gasteiger partial charge in [-0.3, -0.25) is 0 Å². The molecule has 0 aliphatic carbocycles. The molecule has 2 amide bonds. The largest absolute Gasteiger partial charge is 0.343 e. The second kappa shape index (κ2) is 6.46. The number of unbranched alkanes of at least 4 members (excludes halogenated alkanes) is 2. The van der Waals surface area contributed by atoms with E-state index in [2.05, 4.69) is 24.9 Å². The van der Waals surface area contributed by atoms with Crippen LogP contribution in [0.2, 0.25) is 0 Å². The van der Waals surface area contributed by atoms with Gasteiger partial charge in [-0.2, -0.15) is 4.99 Å². The zero-order valence-electron chi connectivity index (χ0n) is 10.6. The molecule has 0 bridgehead atoms. The summed E-state index contributed by atoms with van der Waals surface area (Å²) in [5.74, 6) is 0. The Bertz CT molecular complexity index is 305. The van der Waals surface area contributed by atoms with Crippen LogP contribution < -0.4 is 0 Å². The van der Waals surface area contributed by atoms with Gasteiger partial charge in [0.15, 0.2) is 0 Å². The van der Waals surface area contributed by atoms with E-state index in [1.54, 1.807) is 11.9 Å². The molecule has 0 atom stereocenters. The van der Waals surface area contributed by atoms with Crippen LogP contribution in [0.1, 0.15) is 46.0 Å². The minimum Gasteiger partial charge on any atom is -0.322 e. The fourth-order valence-corrected chi connectivity index (χ4v) is 1.87. The van der Waals surface area contributed by atoms with E-state index in [0.717, 1.165) is 31.5 Å². The van der Waals surface area contributed by atoms with Crippen LogP contribution in [0.4, 0.5) is 4.79 Å². The van der Waals surface area contributed by atoms with Gasteiger partial charge >= 0.3 is 6.03 Å². The van der Waals surface area contributed by atoms with Crippen molar-refractivity contribution in [2.24, 2.45) is 4.99 Å². The van der Waals surface area contributed by atoms with Crippen molar-refractivity contribution < 1.29 is 4.79 Å². The predicted octanol–water partition coefficient (Wildman–Crippen LogP) is 3.41. The number of amides is 2.